The van der Waals surface area contributed by atoms with Crippen molar-refractivity contribution in [3.05, 3.63) is 52.8 Å². The maximum Gasteiger partial charge on any atom is 0.124 e. The molecule has 17 heavy (non-hydrogen) atoms. The summed E-state index contributed by atoms with van der Waals surface area (Å²) >= 11 is 5.03. The van der Waals surface area contributed by atoms with Crippen molar-refractivity contribution >= 4 is 37.5 Å². The molecule has 0 aliphatic carbocycles. The number of fused-ring (bicyclic) bond motifs is 1. The van der Waals surface area contributed by atoms with Gasteiger partial charge in [-0.1, -0.05) is 15.9 Å². The smallest absolute Gasteiger partial charge is 0.124 e. The quantitative estimate of drug-likeness (QED) is 0.625. The fourth-order valence-electron chi connectivity index (χ4n) is 1.62. The Morgan fingerprint density at radius 1 is 1.06 bits per heavy atom. The third-order valence-electron chi connectivity index (χ3n) is 2.44. The first-order valence-corrected chi connectivity index (χ1v) is 6.65. The summed E-state index contributed by atoms with van der Waals surface area (Å²) in [6.45, 7) is 0. The maximum absolute atomic E-state index is 12.8. The largest absolute Gasteiger partial charge is 0.236 e. The van der Waals surface area contributed by atoms with E-state index in [0.717, 1.165) is 25.3 Å². The first kappa shape index (κ1) is 10.9. The van der Waals surface area contributed by atoms with Crippen LogP contribution >= 0.6 is 27.3 Å². The van der Waals surface area contributed by atoms with E-state index in [1.807, 2.05) is 18.2 Å². The molecular formula is C13H7BrFNS. The summed E-state index contributed by atoms with van der Waals surface area (Å²) in [7, 11) is 0. The molecule has 0 N–H and O–H groups in total. The number of aromatic nitrogens is 1. The van der Waals surface area contributed by atoms with Gasteiger partial charge in [-0.05, 0) is 42.5 Å². The molecule has 0 bridgehead atoms. The average molecular weight is 308 g/mol. The zero-order chi connectivity index (χ0) is 11.8. The van der Waals surface area contributed by atoms with Crippen molar-refractivity contribution < 1.29 is 4.39 Å². The summed E-state index contributed by atoms with van der Waals surface area (Å²) < 4.78 is 15.0. The van der Waals surface area contributed by atoms with Crippen LogP contribution in [0.15, 0.2) is 46.9 Å². The molecule has 4 heteroatoms. The molecule has 84 valence electrons. The molecule has 0 atom stereocenters. The summed E-state index contributed by atoms with van der Waals surface area (Å²) in [5, 5.41) is 0.915. The fraction of sp³-hybridized carbons (Fsp3) is 0. The molecule has 0 fully saturated rings. The van der Waals surface area contributed by atoms with E-state index in [-0.39, 0.29) is 5.82 Å². The highest BCUT2D eigenvalue weighted by Gasteiger charge is 2.06. The van der Waals surface area contributed by atoms with Crippen LogP contribution in [0.4, 0.5) is 4.39 Å². The number of hydrogen-bond acceptors (Lipinski definition) is 2. The Labute approximate surface area is 110 Å². The second-order valence-electron chi connectivity index (χ2n) is 3.64. The lowest BCUT2D eigenvalue weighted by Crippen LogP contribution is -1.77. The zero-order valence-corrected chi connectivity index (χ0v) is 11.1. The van der Waals surface area contributed by atoms with Crippen molar-refractivity contribution in [3.63, 3.8) is 0 Å². The third-order valence-corrected chi connectivity index (χ3v) is 4.02. The lowest BCUT2D eigenvalue weighted by molar-refractivity contribution is 0.628. The van der Waals surface area contributed by atoms with Crippen LogP contribution in [0.1, 0.15) is 0 Å². The molecule has 0 aliphatic rings. The van der Waals surface area contributed by atoms with Gasteiger partial charge in [-0.3, -0.25) is 0 Å². The molecule has 0 spiro atoms. The summed E-state index contributed by atoms with van der Waals surface area (Å²) in [5.74, 6) is -0.224. The van der Waals surface area contributed by atoms with Crippen molar-refractivity contribution in [2.75, 3.05) is 0 Å². The van der Waals surface area contributed by atoms with Gasteiger partial charge in [0.1, 0.15) is 10.8 Å². The minimum Gasteiger partial charge on any atom is -0.236 e. The highest BCUT2D eigenvalue weighted by molar-refractivity contribution is 9.10. The van der Waals surface area contributed by atoms with Crippen molar-refractivity contribution in [2.24, 2.45) is 0 Å². The summed E-state index contributed by atoms with van der Waals surface area (Å²) in [5.41, 5.74) is 1.91. The van der Waals surface area contributed by atoms with E-state index in [2.05, 4.69) is 20.9 Å². The predicted octanol–water partition coefficient (Wildman–Crippen LogP) is 4.86. The van der Waals surface area contributed by atoms with E-state index < -0.39 is 0 Å². The van der Waals surface area contributed by atoms with Gasteiger partial charge in [0.2, 0.25) is 0 Å². The Kier molecular flexibility index (Phi) is 2.68. The SMILES string of the molecule is Fc1ccc(-c2nc3cc(Br)ccc3s2)cc1. The number of halogens is 2. The predicted molar refractivity (Wildman–Crippen MR) is 72.7 cm³/mol. The van der Waals surface area contributed by atoms with Gasteiger partial charge < -0.3 is 0 Å². The van der Waals surface area contributed by atoms with E-state index >= 15 is 0 Å². The normalized spacial score (nSPS) is 10.9. The lowest BCUT2D eigenvalue weighted by atomic mass is 10.2. The molecule has 1 heterocycles. The average Bonchev–Trinajstić information content (AvgIpc) is 2.72. The van der Waals surface area contributed by atoms with Crippen LogP contribution in [0, 0.1) is 5.82 Å². The number of hydrogen-bond donors (Lipinski definition) is 0. The van der Waals surface area contributed by atoms with E-state index in [9.17, 15) is 4.39 Å². The molecule has 0 saturated carbocycles. The van der Waals surface area contributed by atoms with Gasteiger partial charge in [0.05, 0.1) is 10.2 Å². The van der Waals surface area contributed by atoms with Crippen molar-refractivity contribution in [2.45, 2.75) is 0 Å². The number of rotatable bonds is 1. The Bertz CT molecular complexity index is 675. The number of benzene rings is 2. The van der Waals surface area contributed by atoms with Crippen LogP contribution in [0.5, 0.6) is 0 Å². The van der Waals surface area contributed by atoms with Gasteiger partial charge in [0, 0.05) is 10.0 Å². The molecule has 0 radical (unpaired) electrons. The highest BCUT2D eigenvalue weighted by atomic mass is 79.9. The molecule has 1 aromatic heterocycles. The Morgan fingerprint density at radius 3 is 2.59 bits per heavy atom. The Hall–Kier alpha value is -1.26. The summed E-state index contributed by atoms with van der Waals surface area (Å²) in [6, 6.07) is 12.4. The maximum atomic E-state index is 12.8. The minimum absolute atomic E-state index is 0.224. The molecule has 1 nitrogen and oxygen atoms in total. The second-order valence-corrected chi connectivity index (χ2v) is 5.58. The first-order chi connectivity index (χ1) is 8.22. The molecular weight excluding hydrogens is 301 g/mol. The summed E-state index contributed by atoms with van der Waals surface area (Å²) in [4.78, 5) is 4.54. The molecule has 3 rings (SSSR count). The molecule has 0 aliphatic heterocycles. The molecule has 0 amide bonds. The third kappa shape index (κ3) is 2.10. The van der Waals surface area contributed by atoms with Gasteiger partial charge >= 0.3 is 0 Å². The van der Waals surface area contributed by atoms with E-state index in [4.69, 9.17) is 0 Å². The van der Waals surface area contributed by atoms with Crippen LogP contribution in [-0.2, 0) is 0 Å². The van der Waals surface area contributed by atoms with E-state index in [1.54, 1.807) is 23.5 Å². The molecule has 2 aromatic carbocycles. The first-order valence-electron chi connectivity index (χ1n) is 5.04. The zero-order valence-electron chi connectivity index (χ0n) is 8.65. The van der Waals surface area contributed by atoms with Crippen LogP contribution in [-0.4, -0.2) is 4.98 Å². The molecule has 0 unspecified atom stereocenters. The molecule has 0 saturated heterocycles. The van der Waals surface area contributed by atoms with Crippen LogP contribution < -0.4 is 0 Å². The number of nitrogens with zero attached hydrogens (tertiary/aromatic N) is 1. The van der Waals surface area contributed by atoms with Gasteiger partial charge in [0.15, 0.2) is 0 Å². The monoisotopic (exact) mass is 307 g/mol. The van der Waals surface area contributed by atoms with Gasteiger partial charge in [-0.15, -0.1) is 11.3 Å². The second kappa shape index (κ2) is 4.20. The molecule has 3 aromatic rings. The van der Waals surface area contributed by atoms with Crippen LogP contribution in [0.2, 0.25) is 0 Å². The number of thiazole rings is 1. The van der Waals surface area contributed by atoms with Gasteiger partial charge in [-0.25, -0.2) is 9.37 Å². The Balaban J connectivity index is 2.14. The minimum atomic E-state index is -0.224. The standard InChI is InChI=1S/C13H7BrFNS/c14-9-3-6-12-11(7-9)16-13(17-12)8-1-4-10(15)5-2-8/h1-7H. The highest BCUT2D eigenvalue weighted by Crippen LogP contribution is 2.31. The topological polar surface area (TPSA) is 12.9 Å². The van der Waals surface area contributed by atoms with E-state index in [1.165, 1.54) is 12.1 Å². The fourth-order valence-corrected chi connectivity index (χ4v) is 2.92. The summed E-state index contributed by atoms with van der Waals surface area (Å²) in [6.07, 6.45) is 0. The Morgan fingerprint density at radius 2 is 1.82 bits per heavy atom. The van der Waals surface area contributed by atoms with Crippen LogP contribution in [0.25, 0.3) is 20.8 Å². The van der Waals surface area contributed by atoms with Crippen LogP contribution in [0.3, 0.4) is 0 Å². The lowest BCUT2D eigenvalue weighted by Gasteiger charge is -1.94. The van der Waals surface area contributed by atoms with Crippen molar-refractivity contribution in [1.82, 2.24) is 4.98 Å². The van der Waals surface area contributed by atoms with Crippen molar-refractivity contribution in [3.8, 4) is 10.6 Å². The van der Waals surface area contributed by atoms with E-state index in [0.29, 0.717) is 0 Å². The van der Waals surface area contributed by atoms with Crippen molar-refractivity contribution in [1.29, 1.82) is 0 Å². The van der Waals surface area contributed by atoms with Gasteiger partial charge in [0.25, 0.3) is 0 Å². The van der Waals surface area contributed by atoms with Gasteiger partial charge in [-0.2, -0.15) is 0 Å².